The standard InChI is InChI=1S/C21H33N5O/c1-24-11-13-26(14-12-24)21(22)18-7-5-17(6-8-18)20-15-19(27-23-20)16-25-9-3-2-4-10-25/h5-8,19-20,22-23H,2-4,9-16H2,1H3. The van der Waals surface area contributed by atoms with Gasteiger partial charge in [-0.3, -0.25) is 10.2 Å². The molecule has 0 spiro atoms. The first-order chi connectivity index (χ1) is 13.2. The van der Waals surface area contributed by atoms with Gasteiger partial charge in [-0.1, -0.05) is 30.7 Å². The van der Waals surface area contributed by atoms with Crippen molar-refractivity contribution in [3.05, 3.63) is 35.4 Å². The van der Waals surface area contributed by atoms with Gasteiger partial charge in [0.25, 0.3) is 0 Å². The lowest BCUT2D eigenvalue weighted by molar-refractivity contribution is 0.00407. The van der Waals surface area contributed by atoms with E-state index in [1.54, 1.807) is 0 Å². The van der Waals surface area contributed by atoms with E-state index >= 15 is 0 Å². The molecule has 3 heterocycles. The summed E-state index contributed by atoms with van der Waals surface area (Å²) in [6.45, 7) is 7.40. The molecular weight excluding hydrogens is 338 g/mol. The van der Waals surface area contributed by atoms with E-state index < -0.39 is 0 Å². The van der Waals surface area contributed by atoms with Gasteiger partial charge in [-0.2, -0.15) is 5.48 Å². The Hall–Kier alpha value is -1.47. The van der Waals surface area contributed by atoms with Crippen molar-refractivity contribution >= 4 is 5.84 Å². The fourth-order valence-electron chi connectivity index (χ4n) is 4.37. The molecule has 0 amide bonds. The fourth-order valence-corrected chi connectivity index (χ4v) is 4.37. The van der Waals surface area contributed by atoms with E-state index in [2.05, 4.69) is 51.5 Å². The Bertz CT molecular complexity index is 620. The number of piperazine rings is 1. The molecule has 6 heteroatoms. The predicted octanol–water partition coefficient (Wildman–Crippen LogP) is 2.08. The van der Waals surface area contributed by atoms with Crippen LogP contribution in [0.3, 0.4) is 0 Å². The molecule has 6 nitrogen and oxygen atoms in total. The molecule has 27 heavy (non-hydrogen) atoms. The van der Waals surface area contributed by atoms with Crippen molar-refractivity contribution in [2.45, 2.75) is 37.8 Å². The van der Waals surface area contributed by atoms with Crippen molar-refractivity contribution in [2.24, 2.45) is 0 Å². The van der Waals surface area contributed by atoms with E-state index in [1.807, 2.05) is 0 Å². The van der Waals surface area contributed by atoms with Crippen molar-refractivity contribution in [3.8, 4) is 0 Å². The van der Waals surface area contributed by atoms with Crippen LogP contribution in [-0.4, -0.2) is 79.5 Å². The lowest BCUT2D eigenvalue weighted by Crippen LogP contribution is -2.47. The maximum Gasteiger partial charge on any atom is 0.128 e. The summed E-state index contributed by atoms with van der Waals surface area (Å²) in [4.78, 5) is 12.9. The Balaban J connectivity index is 1.30. The molecule has 3 aliphatic heterocycles. The van der Waals surface area contributed by atoms with Gasteiger partial charge in [0.15, 0.2) is 0 Å². The number of benzene rings is 1. The molecule has 1 aromatic rings. The Morgan fingerprint density at radius 1 is 1.04 bits per heavy atom. The van der Waals surface area contributed by atoms with Crippen molar-refractivity contribution in [3.63, 3.8) is 0 Å². The van der Waals surface area contributed by atoms with Crippen LogP contribution in [0.15, 0.2) is 24.3 Å². The van der Waals surface area contributed by atoms with Crippen LogP contribution in [-0.2, 0) is 4.84 Å². The number of piperidine rings is 1. The number of nitrogens with one attached hydrogen (secondary N) is 2. The predicted molar refractivity (Wildman–Crippen MR) is 108 cm³/mol. The van der Waals surface area contributed by atoms with Gasteiger partial charge in [-0.15, -0.1) is 0 Å². The van der Waals surface area contributed by atoms with Gasteiger partial charge < -0.3 is 14.7 Å². The van der Waals surface area contributed by atoms with Gasteiger partial charge in [0.05, 0.1) is 12.1 Å². The number of nitrogens with zero attached hydrogens (tertiary/aromatic N) is 3. The highest BCUT2D eigenvalue weighted by Crippen LogP contribution is 2.27. The van der Waals surface area contributed by atoms with Gasteiger partial charge in [0.1, 0.15) is 5.84 Å². The lowest BCUT2D eigenvalue weighted by Gasteiger charge is -2.34. The summed E-state index contributed by atoms with van der Waals surface area (Å²) in [5.74, 6) is 0.647. The first-order valence-electron chi connectivity index (χ1n) is 10.4. The van der Waals surface area contributed by atoms with Crippen molar-refractivity contribution in [1.82, 2.24) is 20.2 Å². The summed E-state index contributed by atoms with van der Waals surface area (Å²) in [5.41, 5.74) is 5.50. The number of rotatable bonds is 4. The Kier molecular flexibility index (Phi) is 6.08. The van der Waals surface area contributed by atoms with Crippen LogP contribution in [0, 0.1) is 5.41 Å². The van der Waals surface area contributed by atoms with Crippen molar-refractivity contribution in [2.75, 3.05) is 52.9 Å². The average molecular weight is 372 g/mol. The molecule has 2 atom stereocenters. The Morgan fingerprint density at radius 3 is 2.44 bits per heavy atom. The molecule has 0 saturated carbocycles. The van der Waals surface area contributed by atoms with Crippen LogP contribution >= 0.6 is 0 Å². The quantitative estimate of drug-likeness (QED) is 0.627. The summed E-state index contributed by atoms with van der Waals surface area (Å²) in [5, 5.41) is 8.51. The molecular formula is C21H33N5O. The van der Waals surface area contributed by atoms with Crippen LogP contribution in [0.2, 0.25) is 0 Å². The number of likely N-dealkylation sites (N-methyl/N-ethyl adjacent to an activating group) is 1. The molecule has 0 aromatic heterocycles. The minimum Gasteiger partial charge on any atom is -0.354 e. The molecule has 148 valence electrons. The monoisotopic (exact) mass is 371 g/mol. The Labute approximate surface area is 162 Å². The first-order valence-corrected chi connectivity index (χ1v) is 10.4. The topological polar surface area (TPSA) is 54.8 Å². The van der Waals surface area contributed by atoms with Gasteiger partial charge in [-0.25, -0.2) is 0 Å². The largest absolute Gasteiger partial charge is 0.354 e. The molecule has 2 N–H and O–H groups in total. The molecule has 3 fully saturated rings. The van der Waals surface area contributed by atoms with E-state index in [4.69, 9.17) is 10.2 Å². The second kappa shape index (κ2) is 8.69. The SMILES string of the molecule is CN1CCN(C(=N)c2ccc(C3CC(CN4CCCCC4)ON3)cc2)CC1. The van der Waals surface area contributed by atoms with E-state index in [9.17, 15) is 0 Å². The minimum atomic E-state index is 0.256. The van der Waals surface area contributed by atoms with E-state index in [0.717, 1.165) is 44.7 Å². The van der Waals surface area contributed by atoms with Crippen LogP contribution in [0.5, 0.6) is 0 Å². The fraction of sp³-hybridized carbons (Fsp3) is 0.667. The molecule has 0 aliphatic carbocycles. The summed E-state index contributed by atoms with van der Waals surface area (Å²) < 4.78 is 0. The molecule has 3 aliphatic rings. The Morgan fingerprint density at radius 2 is 1.74 bits per heavy atom. The molecule has 0 radical (unpaired) electrons. The van der Waals surface area contributed by atoms with E-state index in [0.29, 0.717) is 5.84 Å². The van der Waals surface area contributed by atoms with Crippen LogP contribution in [0.4, 0.5) is 0 Å². The van der Waals surface area contributed by atoms with Crippen molar-refractivity contribution in [1.29, 1.82) is 5.41 Å². The third kappa shape index (κ3) is 4.69. The second-order valence-corrected chi connectivity index (χ2v) is 8.27. The highest BCUT2D eigenvalue weighted by molar-refractivity contribution is 5.96. The number of amidine groups is 1. The molecule has 3 saturated heterocycles. The summed E-state index contributed by atoms with van der Waals surface area (Å²) in [6.07, 6.45) is 5.31. The molecule has 1 aromatic carbocycles. The molecule has 4 rings (SSSR count). The number of hydroxylamine groups is 1. The zero-order valence-corrected chi connectivity index (χ0v) is 16.5. The van der Waals surface area contributed by atoms with Gasteiger partial charge >= 0.3 is 0 Å². The van der Waals surface area contributed by atoms with E-state index in [-0.39, 0.29) is 12.1 Å². The van der Waals surface area contributed by atoms with Crippen LogP contribution in [0.1, 0.15) is 42.9 Å². The molecule has 0 bridgehead atoms. The van der Waals surface area contributed by atoms with E-state index in [1.165, 1.54) is 37.9 Å². The van der Waals surface area contributed by atoms with Crippen LogP contribution in [0.25, 0.3) is 0 Å². The minimum absolute atomic E-state index is 0.256. The summed E-state index contributed by atoms with van der Waals surface area (Å²) in [7, 11) is 2.14. The smallest absolute Gasteiger partial charge is 0.128 e. The highest BCUT2D eigenvalue weighted by Gasteiger charge is 2.28. The summed E-state index contributed by atoms with van der Waals surface area (Å²) >= 11 is 0. The number of likely N-dealkylation sites (tertiary alicyclic amines) is 1. The second-order valence-electron chi connectivity index (χ2n) is 8.27. The molecule has 2 unspecified atom stereocenters. The zero-order chi connectivity index (χ0) is 18.6. The van der Waals surface area contributed by atoms with Crippen LogP contribution < -0.4 is 5.48 Å². The lowest BCUT2D eigenvalue weighted by atomic mass is 10.00. The average Bonchev–Trinajstić information content (AvgIpc) is 3.17. The summed E-state index contributed by atoms with van der Waals surface area (Å²) in [6, 6.07) is 8.76. The highest BCUT2D eigenvalue weighted by atomic mass is 16.7. The number of hydrogen-bond donors (Lipinski definition) is 2. The first kappa shape index (κ1) is 18.9. The maximum absolute atomic E-state index is 8.51. The third-order valence-electron chi connectivity index (χ3n) is 6.19. The normalized spacial score (nSPS) is 27.8. The number of hydrogen-bond acceptors (Lipinski definition) is 5. The van der Waals surface area contributed by atoms with Gasteiger partial charge in [-0.05, 0) is 45.0 Å². The van der Waals surface area contributed by atoms with Gasteiger partial charge in [0.2, 0.25) is 0 Å². The zero-order valence-electron chi connectivity index (χ0n) is 16.5. The van der Waals surface area contributed by atoms with Crippen molar-refractivity contribution < 1.29 is 4.84 Å². The third-order valence-corrected chi connectivity index (χ3v) is 6.19. The maximum atomic E-state index is 8.51. The van der Waals surface area contributed by atoms with Gasteiger partial charge in [0, 0.05) is 38.3 Å².